The van der Waals surface area contributed by atoms with Crippen molar-refractivity contribution < 1.29 is 19.2 Å². The van der Waals surface area contributed by atoms with Gasteiger partial charge in [0, 0.05) is 18.6 Å². The van der Waals surface area contributed by atoms with Gasteiger partial charge in [0.1, 0.15) is 6.54 Å². The highest BCUT2D eigenvalue weighted by atomic mass is 35.5. The van der Waals surface area contributed by atoms with Crippen LogP contribution in [0.4, 0.5) is 0 Å². The molecule has 0 radical (unpaired) electrons. The average molecular weight is 414 g/mol. The van der Waals surface area contributed by atoms with Crippen LogP contribution in [-0.4, -0.2) is 47.4 Å². The molecule has 0 bridgehead atoms. The van der Waals surface area contributed by atoms with Crippen molar-refractivity contribution in [3.63, 3.8) is 0 Å². The normalized spacial score (nSPS) is 24.1. The third-order valence-electron chi connectivity index (χ3n) is 5.26. The Morgan fingerprint density at radius 3 is 2.45 bits per heavy atom. The minimum Gasteiger partial charge on any atom is -0.351 e. The Balaban J connectivity index is 1.53. The number of imide groups is 1. The van der Waals surface area contributed by atoms with E-state index in [1.807, 2.05) is 30.3 Å². The van der Waals surface area contributed by atoms with Gasteiger partial charge in [-0.2, -0.15) is 5.06 Å². The first-order valence-electron chi connectivity index (χ1n) is 9.26. The van der Waals surface area contributed by atoms with Gasteiger partial charge in [-0.25, -0.2) is 0 Å². The predicted octanol–water partition coefficient (Wildman–Crippen LogP) is 1.93. The second-order valence-corrected chi connectivity index (χ2v) is 7.56. The standard InChI is InChI=1S/C21H20ClN3O4/c1-24-20(27)17-18(14-7-9-15(22)10-8-14)25(29-19(17)21(24)28)12-16(26)23-11-13-5-3-2-4-6-13/h2-10,17-19H,11-12H2,1H3,(H,23,26). The lowest BCUT2D eigenvalue weighted by Gasteiger charge is -2.26. The molecule has 3 atom stereocenters. The number of fused-ring (bicyclic) bond motifs is 1. The van der Waals surface area contributed by atoms with Crippen molar-refractivity contribution in [1.29, 1.82) is 0 Å². The van der Waals surface area contributed by atoms with Crippen LogP contribution in [0.1, 0.15) is 17.2 Å². The summed E-state index contributed by atoms with van der Waals surface area (Å²) in [5, 5.41) is 4.83. The number of benzene rings is 2. The number of nitrogens with zero attached hydrogens (tertiary/aromatic N) is 2. The van der Waals surface area contributed by atoms with Gasteiger partial charge in [0.2, 0.25) is 11.8 Å². The number of hydrogen-bond acceptors (Lipinski definition) is 5. The van der Waals surface area contributed by atoms with E-state index < -0.39 is 24.0 Å². The van der Waals surface area contributed by atoms with E-state index in [4.69, 9.17) is 16.4 Å². The molecule has 29 heavy (non-hydrogen) atoms. The lowest BCUT2D eigenvalue weighted by molar-refractivity contribution is -0.181. The van der Waals surface area contributed by atoms with E-state index >= 15 is 0 Å². The van der Waals surface area contributed by atoms with Gasteiger partial charge in [0.15, 0.2) is 6.10 Å². The number of amides is 3. The fourth-order valence-corrected chi connectivity index (χ4v) is 3.90. The SMILES string of the molecule is CN1C(=O)C2ON(CC(=O)NCc3ccccc3)C(c3ccc(Cl)cc3)C2C1=O. The summed E-state index contributed by atoms with van der Waals surface area (Å²) in [5.41, 5.74) is 1.73. The molecule has 2 fully saturated rings. The number of carbonyl (C=O) groups is 3. The highest BCUT2D eigenvalue weighted by Crippen LogP contribution is 2.44. The average Bonchev–Trinajstić information content (AvgIpc) is 3.19. The molecule has 0 spiro atoms. The second-order valence-electron chi connectivity index (χ2n) is 7.12. The third kappa shape index (κ3) is 3.76. The lowest BCUT2D eigenvalue weighted by atomic mass is 9.91. The number of hydroxylamine groups is 2. The first kappa shape index (κ1) is 19.6. The maximum Gasteiger partial charge on any atom is 0.261 e. The van der Waals surface area contributed by atoms with Crippen LogP contribution in [-0.2, 0) is 25.8 Å². The summed E-state index contributed by atoms with van der Waals surface area (Å²) in [4.78, 5) is 44.5. The van der Waals surface area contributed by atoms with Gasteiger partial charge in [-0.15, -0.1) is 0 Å². The van der Waals surface area contributed by atoms with Crippen LogP contribution in [0.25, 0.3) is 0 Å². The number of hydrogen-bond donors (Lipinski definition) is 1. The zero-order valence-electron chi connectivity index (χ0n) is 15.7. The topological polar surface area (TPSA) is 79.0 Å². The molecule has 4 rings (SSSR count). The summed E-state index contributed by atoms with van der Waals surface area (Å²) in [7, 11) is 1.45. The van der Waals surface area contributed by atoms with E-state index in [0.717, 1.165) is 16.0 Å². The van der Waals surface area contributed by atoms with Crippen LogP contribution >= 0.6 is 11.6 Å². The molecule has 2 aromatic rings. The smallest absolute Gasteiger partial charge is 0.261 e. The van der Waals surface area contributed by atoms with Crippen LogP contribution in [0.2, 0.25) is 5.02 Å². The molecule has 0 aromatic heterocycles. The van der Waals surface area contributed by atoms with Crippen molar-refractivity contribution in [2.75, 3.05) is 13.6 Å². The van der Waals surface area contributed by atoms with Crippen molar-refractivity contribution in [2.45, 2.75) is 18.7 Å². The minimum absolute atomic E-state index is 0.0998. The molecular formula is C21H20ClN3O4. The van der Waals surface area contributed by atoms with Gasteiger partial charge < -0.3 is 5.32 Å². The molecule has 2 aromatic carbocycles. The highest BCUT2D eigenvalue weighted by molar-refractivity contribution is 6.30. The fraction of sp³-hybridized carbons (Fsp3) is 0.286. The molecule has 0 aliphatic carbocycles. The first-order chi connectivity index (χ1) is 14.0. The second kappa shape index (κ2) is 7.94. The molecule has 8 heteroatoms. The van der Waals surface area contributed by atoms with Gasteiger partial charge in [-0.1, -0.05) is 54.1 Å². The predicted molar refractivity (Wildman–Crippen MR) is 105 cm³/mol. The van der Waals surface area contributed by atoms with Crippen molar-refractivity contribution in [3.8, 4) is 0 Å². The zero-order chi connectivity index (χ0) is 20.5. The monoisotopic (exact) mass is 413 g/mol. The Kier molecular flexibility index (Phi) is 5.36. The number of likely N-dealkylation sites (N-methyl/N-ethyl adjacent to an activating group) is 1. The van der Waals surface area contributed by atoms with Crippen LogP contribution in [0.3, 0.4) is 0 Å². The van der Waals surface area contributed by atoms with E-state index in [1.54, 1.807) is 24.3 Å². The van der Waals surface area contributed by atoms with E-state index in [2.05, 4.69) is 5.32 Å². The summed E-state index contributed by atoms with van der Waals surface area (Å²) >= 11 is 5.99. The first-order valence-corrected chi connectivity index (χ1v) is 9.64. The third-order valence-corrected chi connectivity index (χ3v) is 5.51. The Morgan fingerprint density at radius 1 is 1.07 bits per heavy atom. The summed E-state index contributed by atoms with van der Waals surface area (Å²) in [6.07, 6.45) is -0.921. The van der Waals surface area contributed by atoms with E-state index in [9.17, 15) is 14.4 Å². The van der Waals surface area contributed by atoms with Crippen molar-refractivity contribution in [2.24, 2.45) is 5.92 Å². The molecule has 2 saturated heterocycles. The molecular weight excluding hydrogens is 394 g/mol. The molecule has 150 valence electrons. The highest BCUT2D eigenvalue weighted by Gasteiger charge is 2.58. The molecule has 3 amide bonds. The number of nitrogens with one attached hydrogen (secondary N) is 1. The largest absolute Gasteiger partial charge is 0.351 e. The van der Waals surface area contributed by atoms with Crippen LogP contribution in [0, 0.1) is 5.92 Å². The van der Waals surface area contributed by atoms with Gasteiger partial charge in [0.25, 0.3) is 5.91 Å². The Hall–Kier alpha value is -2.74. The van der Waals surface area contributed by atoms with Gasteiger partial charge >= 0.3 is 0 Å². The molecule has 1 N–H and O–H groups in total. The quantitative estimate of drug-likeness (QED) is 0.758. The van der Waals surface area contributed by atoms with E-state index in [1.165, 1.54) is 12.1 Å². The number of halogens is 1. The molecule has 2 heterocycles. The molecule has 2 aliphatic rings. The molecule has 7 nitrogen and oxygen atoms in total. The Morgan fingerprint density at radius 2 is 1.76 bits per heavy atom. The number of rotatable bonds is 5. The number of carbonyl (C=O) groups excluding carboxylic acids is 3. The zero-order valence-corrected chi connectivity index (χ0v) is 16.5. The van der Waals surface area contributed by atoms with E-state index in [-0.39, 0.29) is 18.4 Å². The summed E-state index contributed by atoms with van der Waals surface area (Å²) in [6.45, 7) is 0.282. The maximum atomic E-state index is 12.7. The van der Waals surface area contributed by atoms with Crippen LogP contribution in [0.5, 0.6) is 0 Å². The minimum atomic E-state index is -0.921. The summed E-state index contributed by atoms with van der Waals surface area (Å²) < 4.78 is 0. The molecule has 2 aliphatic heterocycles. The Bertz CT molecular complexity index is 935. The fourth-order valence-electron chi connectivity index (χ4n) is 3.77. The summed E-state index contributed by atoms with van der Waals surface area (Å²) in [6, 6.07) is 16.0. The maximum absolute atomic E-state index is 12.7. The molecule has 0 saturated carbocycles. The van der Waals surface area contributed by atoms with Crippen LogP contribution in [0.15, 0.2) is 54.6 Å². The lowest BCUT2D eigenvalue weighted by Crippen LogP contribution is -2.40. The Labute approximate surface area is 173 Å². The molecule has 3 unspecified atom stereocenters. The van der Waals surface area contributed by atoms with Crippen LogP contribution < -0.4 is 5.32 Å². The van der Waals surface area contributed by atoms with E-state index in [0.29, 0.717) is 11.6 Å². The van der Waals surface area contributed by atoms with Crippen molar-refractivity contribution in [1.82, 2.24) is 15.3 Å². The van der Waals surface area contributed by atoms with Gasteiger partial charge in [-0.3, -0.25) is 24.1 Å². The van der Waals surface area contributed by atoms with Crippen molar-refractivity contribution >= 4 is 29.3 Å². The van der Waals surface area contributed by atoms with Crippen molar-refractivity contribution in [3.05, 3.63) is 70.7 Å². The number of likely N-dealkylation sites (tertiary alicyclic amines) is 1. The van der Waals surface area contributed by atoms with Gasteiger partial charge in [-0.05, 0) is 23.3 Å². The van der Waals surface area contributed by atoms with Gasteiger partial charge in [0.05, 0.1) is 12.0 Å². The summed E-state index contributed by atoms with van der Waals surface area (Å²) in [5.74, 6) is -1.67.